The number of hydrogen-bond donors (Lipinski definition) is 1. The van der Waals surface area contributed by atoms with Gasteiger partial charge in [0.25, 0.3) is 0 Å². The Morgan fingerprint density at radius 2 is 2.10 bits per heavy atom. The first-order chi connectivity index (χ1) is 9.93. The number of rotatable bonds is 4. The van der Waals surface area contributed by atoms with Crippen LogP contribution in [0.2, 0.25) is 0 Å². The van der Waals surface area contributed by atoms with E-state index in [4.69, 9.17) is 5.73 Å². The fourth-order valence-corrected chi connectivity index (χ4v) is 2.90. The lowest BCUT2D eigenvalue weighted by atomic mass is 10.2. The van der Waals surface area contributed by atoms with Crippen LogP contribution in [-0.2, 0) is 12.7 Å². The van der Waals surface area contributed by atoms with E-state index in [2.05, 4.69) is 4.98 Å². The predicted molar refractivity (Wildman–Crippen MR) is 77.2 cm³/mol. The maximum absolute atomic E-state index is 12.9. The Balaban J connectivity index is 1.94. The van der Waals surface area contributed by atoms with E-state index in [1.807, 2.05) is 22.4 Å². The van der Waals surface area contributed by atoms with E-state index in [1.54, 1.807) is 11.3 Å². The van der Waals surface area contributed by atoms with Gasteiger partial charge in [-0.2, -0.15) is 13.2 Å². The van der Waals surface area contributed by atoms with Crippen molar-refractivity contribution in [3.8, 4) is 0 Å². The Labute approximate surface area is 124 Å². The number of halogens is 3. The third kappa shape index (κ3) is 3.29. The first-order valence-electron chi connectivity index (χ1n) is 6.57. The van der Waals surface area contributed by atoms with Gasteiger partial charge in [0.2, 0.25) is 0 Å². The number of thiophene rings is 1. The summed E-state index contributed by atoms with van der Waals surface area (Å²) in [5.41, 5.74) is 4.80. The lowest BCUT2D eigenvalue weighted by Crippen LogP contribution is -2.26. The summed E-state index contributed by atoms with van der Waals surface area (Å²) in [6, 6.07) is 6.11. The lowest BCUT2D eigenvalue weighted by Gasteiger charge is -2.24. The van der Waals surface area contributed by atoms with Gasteiger partial charge in [-0.25, -0.2) is 4.98 Å². The standard InChI is InChI=1S/C14H14F3N3S/c15-14(16,17)9-6-12(18)19-13(7-9)20(10-3-4-10)8-11-2-1-5-21-11/h1-2,5-7,10H,3-4,8H2,(H2,18,19). The average molecular weight is 313 g/mol. The maximum Gasteiger partial charge on any atom is 0.416 e. The van der Waals surface area contributed by atoms with Crippen LogP contribution in [0.1, 0.15) is 23.3 Å². The molecule has 0 atom stereocenters. The molecule has 1 aliphatic rings. The van der Waals surface area contributed by atoms with Gasteiger partial charge in [0.05, 0.1) is 12.1 Å². The van der Waals surface area contributed by atoms with Crippen LogP contribution in [0.4, 0.5) is 24.8 Å². The van der Waals surface area contributed by atoms with Gasteiger partial charge in [0.15, 0.2) is 0 Å². The molecule has 1 fully saturated rings. The van der Waals surface area contributed by atoms with E-state index < -0.39 is 11.7 Å². The smallest absolute Gasteiger partial charge is 0.384 e. The van der Waals surface area contributed by atoms with Crippen molar-refractivity contribution in [1.82, 2.24) is 4.98 Å². The van der Waals surface area contributed by atoms with Gasteiger partial charge in [-0.05, 0) is 36.4 Å². The quantitative estimate of drug-likeness (QED) is 0.930. The number of nitrogen functional groups attached to an aromatic ring is 1. The van der Waals surface area contributed by atoms with Crippen LogP contribution < -0.4 is 10.6 Å². The number of aromatic nitrogens is 1. The summed E-state index contributed by atoms with van der Waals surface area (Å²) in [7, 11) is 0. The normalized spacial score (nSPS) is 15.2. The van der Waals surface area contributed by atoms with Crippen LogP contribution >= 0.6 is 11.3 Å². The molecule has 2 N–H and O–H groups in total. The molecule has 1 saturated carbocycles. The molecule has 1 aliphatic carbocycles. The Bertz CT molecular complexity index is 621. The number of nitrogens with two attached hydrogens (primary N) is 1. The summed E-state index contributed by atoms with van der Waals surface area (Å²) in [5, 5.41) is 1.95. The maximum atomic E-state index is 12.9. The van der Waals surface area contributed by atoms with Gasteiger partial charge in [-0.15, -0.1) is 11.3 Å². The molecule has 0 saturated heterocycles. The van der Waals surface area contributed by atoms with Crippen LogP contribution in [0.3, 0.4) is 0 Å². The first-order valence-corrected chi connectivity index (χ1v) is 7.45. The number of nitrogens with zero attached hydrogens (tertiary/aromatic N) is 2. The predicted octanol–water partition coefficient (Wildman–Crippen LogP) is 3.91. The monoisotopic (exact) mass is 313 g/mol. The van der Waals surface area contributed by atoms with Crippen LogP contribution in [0, 0.1) is 0 Å². The van der Waals surface area contributed by atoms with E-state index in [0.29, 0.717) is 12.4 Å². The zero-order valence-corrected chi connectivity index (χ0v) is 11.9. The first kappa shape index (κ1) is 14.2. The molecule has 2 heterocycles. The minimum Gasteiger partial charge on any atom is -0.384 e. The second-order valence-corrected chi connectivity index (χ2v) is 6.11. The van der Waals surface area contributed by atoms with Gasteiger partial charge in [-0.1, -0.05) is 6.07 Å². The SMILES string of the molecule is Nc1cc(C(F)(F)F)cc(N(Cc2cccs2)C2CC2)n1. The second-order valence-electron chi connectivity index (χ2n) is 5.08. The van der Waals surface area contributed by atoms with Crippen molar-refractivity contribution < 1.29 is 13.2 Å². The van der Waals surface area contributed by atoms with Crippen molar-refractivity contribution >= 4 is 23.0 Å². The Morgan fingerprint density at radius 1 is 1.33 bits per heavy atom. The molecule has 0 aliphatic heterocycles. The van der Waals surface area contributed by atoms with Gasteiger partial charge in [0, 0.05) is 10.9 Å². The third-order valence-corrected chi connectivity index (χ3v) is 4.21. The van der Waals surface area contributed by atoms with E-state index in [9.17, 15) is 13.2 Å². The van der Waals surface area contributed by atoms with Crippen LogP contribution in [-0.4, -0.2) is 11.0 Å². The molecule has 0 unspecified atom stereocenters. The van der Waals surface area contributed by atoms with Crippen LogP contribution in [0.15, 0.2) is 29.6 Å². The Hall–Kier alpha value is -1.76. The second kappa shape index (κ2) is 5.22. The molecular formula is C14H14F3N3S. The topological polar surface area (TPSA) is 42.1 Å². The van der Waals surface area contributed by atoms with E-state index in [-0.39, 0.29) is 11.9 Å². The van der Waals surface area contributed by atoms with Crippen LogP contribution in [0.5, 0.6) is 0 Å². The molecule has 7 heteroatoms. The van der Waals surface area contributed by atoms with Crippen molar-refractivity contribution in [3.63, 3.8) is 0 Å². The lowest BCUT2D eigenvalue weighted by molar-refractivity contribution is -0.137. The van der Waals surface area contributed by atoms with Crippen molar-refractivity contribution in [2.45, 2.75) is 31.6 Å². The Kier molecular flexibility index (Phi) is 3.52. The third-order valence-electron chi connectivity index (χ3n) is 3.35. The molecule has 0 aromatic carbocycles. The molecule has 112 valence electrons. The summed E-state index contributed by atoms with van der Waals surface area (Å²) in [5.74, 6) is 0.204. The number of alkyl halides is 3. The van der Waals surface area contributed by atoms with Gasteiger partial charge < -0.3 is 10.6 Å². The number of anilines is 2. The zero-order valence-electron chi connectivity index (χ0n) is 11.1. The van der Waals surface area contributed by atoms with Crippen LogP contribution in [0.25, 0.3) is 0 Å². The highest BCUT2D eigenvalue weighted by Gasteiger charge is 2.35. The molecular weight excluding hydrogens is 299 g/mol. The van der Waals surface area contributed by atoms with Crippen molar-refractivity contribution in [2.75, 3.05) is 10.6 Å². The molecule has 2 aromatic rings. The molecule has 0 radical (unpaired) electrons. The van der Waals surface area contributed by atoms with Crippen molar-refractivity contribution in [3.05, 3.63) is 40.1 Å². The molecule has 3 rings (SSSR count). The zero-order chi connectivity index (χ0) is 15.0. The highest BCUT2D eigenvalue weighted by molar-refractivity contribution is 7.09. The number of pyridine rings is 1. The van der Waals surface area contributed by atoms with Gasteiger partial charge in [0.1, 0.15) is 11.6 Å². The highest BCUT2D eigenvalue weighted by Crippen LogP contribution is 2.37. The minimum atomic E-state index is -4.41. The fraction of sp³-hybridized carbons (Fsp3) is 0.357. The van der Waals surface area contributed by atoms with E-state index in [0.717, 1.165) is 29.9 Å². The van der Waals surface area contributed by atoms with Gasteiger partial charge >= 0.3 is 6.18 Å². The average Bonchev–Trinajstić information content (AvgIpc) is 3.11. The molecule has 0 spiro atoms. The van der Waals surface area contributed by atoms with E-state index in [1.165, 1.54) is 0 Å². The minimum absolute atomic E-state index is 0.100. The number of hydrogen-bond acceptors (Lipinski definition) is 4. The molecule has 3 nitrogen and oxygen atoms in total. The summed E-state index contributed by atoms with van der Waals surface area (Å²) < 4.78 is 38.7. The highest BCUT2D eigenvalue weighted by atomic mass is 32.1. The summed E-state index contributed by atoms with van der Waals surface area (Å²) in [6.45, 7) is 0.566. The Morgan fingerprint density at radius 3 is 2.67 bits per heavy atom. The van der Waals surface area contributed by atoms with Gasteiger partial charge in [-0.3, -0.25) is 0 Å². The summed E-state index contributed by atoms with van der Waals surface area (Å²) in [4.78, 5) is 7.11. The summed E-state index contributed by atoms with van der Waals surface area (Å²) >= 11 is 1.58. The fourth-order valence-electron chi connectivity index (χ4n) is 2.20. The van der Waals surface area contributed by atoms with Crippen molar-refractivity contribution in [1.29, 1.82) is 0 Å². The molecule has 0 bridgehead atoms. The van der Waals surface area contributed by atoms with Crippen molar-refractivity contribution in [2.24, 2.45) is 0 Å². The molecule has 2 aromatic heterocycles. The summed E-state index contributed by atoms with van der Waals surface area (Å²) in [6.07, 6.45) is -2.46. The molecule has 21 heavy (non-hydrogen) atoms. The molecule has 0 amide bonds. The van der Waals surface area contributed by atoms with E-state index >= 15 is 0 Å². The largest absolute Gasteiger partial charge is 0.416 e.